The number of carbonyl (C=O) groups excluding carboxylic acids is 1. The predicted octanol–water partition coefficient (Wildman–Crippen LogP) is 4.54. The number of anilines is 1. The van der Waals surface area contributed by atoms with Crippen LogP contribution in [0.5, 0.6) is 0 Å². The first kappa shape index (κ1) is 19.9. The fraction of sp³-hybridized carbons (Fsp3) is 0.304. The third-order valence-corrected chi connectivity index (χ3v) is 5.83. The van der Waals surface area contributed by atoms with Crippen LogP contribution in [0.25, 0.3) is 10.2 Å². The highest BCUT2D eigenvalue weighted by Gasteiger charge is 2.12. The lowest BCUT2D eigenvalue weighted by molar-refractivity contribution is 0.0998. The van der Waals surface area contributed by atoms with Crippen LogP contribution >= 0.6 is 11.3 Å². The molecule has 1 amide bonds. The van der Waals surface area contributed by atoms with E-state index in [-0.39, 0.29) is 5.91 Å². The van der Waals surface area contributed by atoms with Gasteiger partial charge in [0, 0.05) is 24.3 Å². The summed E-state index contributed by atoms with van der Waals surface area (Å²) in [5, 5.41) is 0. The van der Waals surface area contributed by atoms with Crippen molar-refractivity contribution in [1.82, 2.24) is 4.57 Å². The number of hydrogen-bond donors (Lipinski definition) is 0. The van der Waals surface area contributed by atoms with Crippen molar-refractivity contribution in [2.75, 3.05) is 18.0 Å². The quantitative estimate of drug-likeness (QED) is 0.599. The number of aryl methyl sites for hydroxylation is 2. The Bertz CT molecular complexity index is 1110. The smallest absolute Gasteiger partial charge is 0.279 e. The van der Waals surface area contributed by atoms with Crippen molar-refractivity contribution in [2.24, 2.45) is 4.99 Å². The summed E-state index contributed by atoms with van der Waals surface area (Å²) in [7, 11) is 0. The molecule has 5 heteroatoms. The number of terminal acetylenes is 1. The summed E-state index contributed by atoms with van der Waals surface area (Å²) in [5.74, 6) is 2.43. The van der Waals surface area contributed by atoms with Gasteiger partial charge in [0.2, 0.25) is 0 Å². The minimum atomic E-state index is -0.252. The van der Waals surface area contributed by atoms with Gasteiger partial charge >= 0.3 is 0 Å². The van der Waals surface area contributed by atoms with Gasteiger partial charge in [0.25, 0.3) is 5.91 Å². The lowest BCUT2D eigenvalue weighted by Crippen LogP contribution is -2.21. The number of hydrogen-bond acceptors (Lipinski definition) is 3. The summed E-state index contributed by atoms with van der Waals surface area (Å²) in [6.45, 7) is 10.6. The summed E-state index contributed by atoms with van der Waals surface area (Å²) in [4.78, 5) is 20.1. The van der Waals surface area contributed by atoms with Crippen molar-refractivity contribution >= 4 is 33.1 Å². The van der Waals surface area contributed by atoms with Crippen molar-refractivity contribution in [3.8, 4) is 12.3 Å². The minimum Gasteiger partial charge on any atom is -0.372 e. The molecule has 0 aliphatic carbocycles. The molecule has 0 unspecified atom stereocenters. The Kier molecular flexibility index (Phi) is 6.01. The summed E-state index contributed by atoms with van der Waals surface area (Å²) in [6, 6.07) is 11.9. The molecule has 0 saturated carbocycles. The molecule has 0 radical (unpaired) electrons. The highest BCUT2D eigenvalue weighted by Crippen LogP contribution is 2.23. The standard InChI is InChI=1S/C23H25N3OS/c1-6-13-26-21-17(5)14-16(4)15-20(21)28-23(26)24-22(27)18-9-11-19(12-10-18)25(7-2)8-3/h1,9-12,14-15H,7-8,13H2,2-5H3. The Labute approximate surface area is 170 Å². The monoisotopic (exact) mass is 391 g/mol. The van der Waals surface area contributed by atoms with Gasteiger partial charge in [-0.1, -0.05) is 23.3 Å². The number of nitrogens with zero attached hydrogens (tertiary/aromatic N) is 3. The number of carbonyl (C=O) groups is 1. The van der Waals surface area contributed by atoms with Crippen LogP contribution in [-0.2, 0) is 6.54 Å². The second kappa shape index (κ2) is 8.45. The Morgan fingerprint density at radius 2 is 1.86 bits per heavy atom. The van der Waals surface area contributed by atoms with E-state index in [9.17, 15) is 4.79 Å². The van der Waals surface area contributed by atoms with E-state index >= 15 is 0 Å². The first-order valence-electron chi connectivity index (χ1n) is 9.46. The van der Waals surface area contributed by atoms with Gasteiger partial charge in [0.15, 0.2) is 4.80 Å². The number of amides is 1. The first-order chi connectivity index (χ1) is 13.5. The van der Waals surface area contributed by atoms with Crippen LogP contribution in [0.3, 0.4) is 0 Å². The van der Waals surface area contributed by atoms with E-state index < -0.39 is 0 Å². The van der Waals surface area contributed by atoms with Gasteiger partial charge in [0.1, 0.15) is 0 Å². The molecule has 0 aliphatic rings. The molecule has 0 saturated heterocycles. The van der Waals surface area contributed by atoms with Crippen molar-refractivity contribution in [3.05, 3.63) is 57.9 Å². The Hall–Kier alpha value is -2.84. The number of fused-ring (bicyclic) bond motifs is 1. The molecule has 1 aromatic heterocycles. The highest BCUT2D eigenvalue weighted by molar-refractivity contribution is 7.16. The lowest BCUT2D eigenvalue weighted by atomic mass is 10.1. The molecule has 28 heavy (non-hydrogen) atoms. The maximum atomic E-state index is 12.8. The molecule has 0 spiro atoms. The molecule has 1 heterocycles. The van der Waals surface area contributed by atoms with Gasteiger partial charge in [-0.25, -0.2) is 0 Å². The van der Waals surface area contributed by atoms with Crippen LogP contribution in [0.1, 0.15) is 35.3 Å². The van der Waals surface area contributed by atoms with Gasteiger partial charge < -0.3 is 9.47 Å². The molecule has 0 fully saturated rings. The second-order valence-corrected chi connectivity index (χ2v) is 7.75. The highest BCUT2D eigenvalue weighted by atomic mass is 32.1. The SMILES string of the molecule is C#CCn1c(=NC(=O)c2ccc(N(CC)CC)cc2)sc2cc(C)cc(C)c21. The molecule has 0 aliphatic heterocycles. The molecule has 0 bridgehead atoms. The molecule has 144 valence electrons. The van der Waals surface area contributed by atoms with E-state index in [1.807, 2.05) is 28.8 Å². The van der Waals surface area contributed by atoms with Gasteiger partial charge in [-0.3, -0.25) is 4.79 Å². The van der Waals surface area contributed by atoms with Crippen LogP contribution in [0.4, 0.5) is 5.69 Å². The number of aromatic nitrogens is 1. The van der Waals surface area contributed by atoms with Gasteiger partial charge in [-0.05, 0) is 69.2 Å². The van der Waals surface area contributed by atoms with Crippen molar-refractivity contribution in [2.45, 2.75) is 34.2 Å². The van der Waals surface area contributed by atoms with E-state index in [1.165, 1.54) is 16.9 Å². The summed E-state index contributed by atoms with van der Waals surface area (Å²) in [5.41, 5.74) is 5.06. The predicted molar refractivity (Wildman–Crippen MR) is 118 cm³/mol. The van der Waals surface area contributed by atoms with Crippen LogP contribution in [-0.4, -0.2) is 23.6 Å². The van der Waals surface area contributed by atoms with Crippen molar-refractivity contribution < 1.29 is 4.79 Å². The van der Waals surface area contributed by atoms with Crippen LogP contribution in [0.2, 0.25) is 0 Å². The molecule has 3 rings (SSSR count). The van der Waals surface area contributed by atoms with Gasteiger partial charge in [-0.2, -0.15) is 4.99 Å². The maximum Gasteiger partial charge on any atom is 0.279 e. The fourth-order valence-electron chi connectivity index (χ4n) is 3.47. The van der Waals surface area contributed by atoms with Crippen LogP contribution < -0.4 is 9.70 Å². The third kappa shape index (κ3) is 3.88. The normalized spacial score (nSPS) is 11.6. The van der Waals surface area contributed by atoms with Gasteiger partial charge in [0.05, 0.1) is 16.8 Å². The van der Waals surface area contributed by atoms with E-state index in [4.69, 9.17) is 6.42 Å². The molecular formula is C23H25N3OS. The van der Waals surface area contributed by atoms with Crippen molar-refractivity contribution in [3.63, 3.8) is 0 Å². The van der Waals surface area contributed by atoms with E-state index in [0.717, 1.165) is 34.6 Å². The van der Waals surface area contributed by atoms with E-state index in [2.05, 4.69) is 55.6 Å². The first-order valence-corrected chi connectivity index (χ1v) is 10.3. The zero-order valence-electron chi connectivity index (χ0n) is 16.8. The Balaban J connectivity index is 2.04. The zero-order valence-corrected chi connectivity index (χ0v) is 17.6. The minimum absolute atomic E-state index is 0.252. The fourth-order valence-corrected chi connectivity index (χ4v) is 4.67. The molecule has 2 aromatic carbocycles. The topological polar surface area (TPSA) is 37.6 Å². The summed E-state index contributed by atoms with van der Waals surface area (Å²) in [6.07, 6.45) is 5.58. The van der Waals surface area contributed by atoms with Crippen LogP contribution in [0, 0.1) is 26.2 Å². The average molecular weight is 392 g/mol. The summed E-state index contributed by atoms with van der Waals surface area (Å²) < 4.78 is 3.05. The maximum absolute atomic E-state index is 12.8. The number of thiazole rings is 1. The molecule has 3 aromatic rings. The van der Waals surface area contributed by atoms with Gasteiger partial charge in [-0.15, -0.1) is 6.42 Å². The zero-order chi connectivity index (χ0) is 20.3. The largest absolute Gasteiger partial charge is 0.372 e. The Morgan fingerprint density at radius 3 is 2.46 bits per heavy atom. The van der Waals surface area contributed by atoms with Crippen LogP contribution in [0.15, 0.2) is 41.4 Å². The number of benzene rings is 2. The Morgan fingerprint density at radius 1 is 1.18 bits per heavy atom. The van der Waals surface area contributed by atoms with E-state index in [0.29, 0.717) is 16.9 Å². The second-order valence-electron chi connectivity index (χ2n) is 6.74. The number of rotatable bonds is 5. The average Bonchev–Trinajstić information content (AvgIpc) is 3.00. The summed E-state index contributed by atoms with van der Waals surface area (Å²) >= 11 is 1.50. The third-order valence-electron chi connectivity index (χ3n) is 4.80. The molecule has 0 atom stereocenters. The molecule has 4 nitrogen and oxygen atoms in total. The van der Waals surface area contributed by atoms with E-state index in [1.54, 1.807) is 0 Å². The molecular weight excluding hydrogens is 366 g/mol. The molecule has 0 N–H and O–H groups in total. The lowest BCUT2D eigenvalue weighted by Gasteiger charge is -2.20. The van der Waals surface area contributed by atoms with Crippen molar-refractivity contribution in [1.29, 1.82) is 0 Å².